The molecular weight excluding hydrogens is 282 g/mol. The normalized spacial score (nSPS) is 20.2. The summed E-state index contributed by atoms with van der Waals surface area (Å²) in [6.45, 7) is 1.87. The minimum Gasteiger partial charge on any atom is -0.315 e. The largest absolute Gasteiger partial charge is 0.329 e. The highest BCUT2D eigenvalue weighted by molar-refractivity contribution is 9.10. The van der Waals surface area contributed by atoms with Crippen LogP contribution in [0.4, 0.5) is 0 Å². The summed E-state index contributed by atoms with van der Waals surface area (Å²) in [7, 11) is 1.83. The van der Waals surface area contributed by atoms with Crippen LogP contribution in [0.5, 0.6) is 0 Å². The maximum Gasteiger partial charge on any atom is 0.329 e. The Hall–Kier alpha value is -1.07. The predicted octanol–water partition coefficient (Wildman–Crippen LogP) is 1.64. The van der Waals surface area contributed by atoms with Crippen LogP contribution in [0.25, 0.3) is 11.0 Å². The van der Waals surface area contributed by atoms with Gasteiger partial charge in [-0.2, -0.15) is 0 Å². The quantitative estimate of drug-likeness (QED) is 0.869. The van der Waals surface area contributed by atoms with Gasteiger partial charge in [-0.05, 0) is 31.2 Å². The van der Waals surface area contributed by atoms with Crippen LogP contribution in [0.3, 0.4) is 0 Å². The zero-order chi connectivity index (χ0) is 12.0. The van der Waals surface area contributed by atoms with Crippen molar-refractivity contribution in [2.75, 3.05) is 13.1 Å². The molecule has 0 spiro atoms. The Kier molecular flexibility index (Phi) is 2.60. The number of hydrogen-bond donors (Lipinski definition) is 1. The van der Waals surface area contributed by atoms with Crippen molar-refractivity contribution in [3.8, 4) is 0 Å². The van der Waals surface area contributed by atoms with Crippen molar-refractivity contribution < 1.29 is 0 Å². The van der Waals surface area contributed by atoms with Crippen LogP contribution in [0.15, 0.2) is 27.5 Å². The lowest BCUT2D eigenvalue weighted by Crippen LogP contribution is -2.27. The third kappa shape index (κ3) is 1.65. The molecule has 0 bridgehead atoms. The maximum atomic E-state index is 12.3. The third-order valence-electron chi connectivity index (χ3n) is 3.45. The molecule has 1 aromatic heterocycles. The van der Waals surface area contributed by atoms with Crippen LogP contribution in [-0.2, 0) is 7.05 Å². The van der Waals surface area contributed by atoms with Crippen molar-refractivity contribution in [2.45, 2.75) is 12.5 Å². The molecule has 4 nitrogen and oxygen atoms in total. The number of imidazole rings is 1. The second kappa shape index (κ2) is 3.99. The van der Waals surface area contributed by atoms with Gasteiger partial charge in [-0.15, -0.1) is 0 Å². The maximum absolute atomic E-state index is 12.3. The summed E-state index contributed by atoms with van der Waals surface area (Å²) in [5.74, 6) is 0. The Labute approximate surface area is 107 Å². The lowest BCUT2D eigenvalue weighted by molar-refractivity contribution is 0.535. The first-order valence-electron chi connectivity index (χ1n) is 5.75. The number of fused-ring (bicyclic) bond motifs is 1. The van der Waals surface area contributed by atoms with Crippen LogP contribution in [-0.4, -0.2) is 22.2 Å². The second-order valence-corrected chi connectivity index (χ2v) is 5.41. The second-order valence-electron chi connectivity index (χ2n) is 4.49. The van der Waals surface area contributed by atoms with E-state index in [0.717, 1.165) is 35.0 Å². The van der Waals surface area contributed by atoms with Gasteiger partial charge in [0.25, 0.3) is 0 Å². The number of hydrogen-bond acceptors (Lipinski definition) is 2. The lowest BCUT2D eigenvalue weighted by atomic mass is 10.2. The van der Waals surface area contributed by atoms with Crippen molar-refractivity contribution >= 4 is 27.0 Å². The minimum atomic E-state index is 0.0757. The van der Waals surface area contributed by atoms with Gasteiger partial charge in [-0.1, -0.05) is 15.9 Å². The van der Waals surface area contributed by atoms with Crippen molar-refractivity contribution in [3.05, 3.63) is 33.2 Å². The van der Waals surface area contributed by atoms with Gasteiger partial charge in [0.15, 0.2) is 0 Å². The topological polar surface area (TPSA) is 39.0 Å². The molecule has 17 heavy (non-hydrogen) atoms. The van der Waals surface area contributed by atoms with Crippen LogP contribution >= 0.6 is 15.9 Å². The SMILES string of the molecule is Cn1c(=O)n(C2CCNC2)c2ccc(Br)cc21. The molecule has 2 heterocycles. The van der Waals surface area contributed by atoms with E-state index in [9.17, 15) is 4.79 Å². The van der Waals surface area contributed by atoms with E-state index in [2.05, 4.69) is 21.2 Å². The first-order chi connectivity index (χ1) is 8.18. The summed E-state index contributed by atoms with van der Waals surface area (Å²) in [6.07, 6.45) is 1.02. The van der Waals surface area contributed by atoms with Gasteiger partial charge in [-0.25, -0.2) is 4.79 Å². The van der Waals surface area contributed by atoms with Gasteiger partial charge in [0.1, 0.15) is 0 Å². The van der Waals surface area contributed by atoms with E-state index in [1.54, 1.807) is 4.57 Å². The molecule has 1 aromatic carbocycles. The average molecular weight is 296 g/mol. The molecule has 3 rings (SSSR count). The first-order valence-corrected chi connectivity index (χ1v) is 6.55. The highest BCUT2D eigenvalue weighted by atomic mass is 79.9. The molecular formula is C12H14BrN3O. The predicted molar refractivity (Wildman–Crippen MR) is 71.4 cm³/mol. The number of aromatic nitrogens is 2. The monoisotopic (exact) mass is 295 g/mol. The van der Waals surface area contributed by atoms with Gasteiger partial charge in [0, 0.05) is 18.1 Å². The zero-order valence-corrected chi connectivity index (χ0v) is 11.2. The summed E-state index contributed by atoms with van der Waals surface area (Å²) >= 11 is 3.45. The van der Waals surface area contributed by atoms with Gasteiger partial charge < -0.3 is 5.32 Å². The number of benzene rings is 1. The molecule has 1 aliphatic heterocycles. The van der Waals surface area contributed by atoms with E-state index in [4.69, 9.17) is 0 Å². The summed E-state index contributed by atoms with van der Waals surface area (Å²) in [5.41, 5.74) is 2.08. The van der Waals surface area contributed by atoms with Crippen LogP contribution in [0.1, 0.15) is 12.5 Å². The van der Waals surface area contributed by atoms with E-state index in [1.807, 2.05) is 29.8 Å². The third-order valence-corrected chi connectivity index (χ3v) is 3.94. The fourth-order valence-corrected chi connectivity index (χ4v) is 2.90. The molecule has 1 aliphatic rings. The molecule has 1 unspecified atom stereocenters. The standard InChI is InChI=1S/C12H14BrN3O/c1-15-11-6-8(13)2-3-10(11)16(12(15)17)9-4-5-14-7-9/h2-3,6,9,14H,4-5,7H2,1H3. The highest BCUT2D eigenvalue weighted by Crippen LogP contribution is 2.23. The van der Waals surface area contributed by atoms with Gasteiger partial charge >= 0.3 is 5.69 Å². The number of nitrogens with one attached hydrogen (secondary N) is 1. The number of aryl methyl sites for hydroxylation is 1. The van der Waals surface area contributed by atoms with Crippen LogP contribution < -0.4 is 11.0 Å². The van der Waals surface area contributed by atoms with Gasteiger partial charge in [0.05, 0.1) is 17.1 Å². The summed E-state index contributed by atoms with van der Waals surface area (Å²) in [6, 6.07) is 6.28. The Morgan fingerprint density at radius 1 is 1.41 bits per heavy atom. The molecule has 0 aliphatic carbocycles. The molecule has 1 atom stereocenters. The highest BCUT2D eigenvalue weighted by Gasteiger charge is 2.22. The van der Waals surface area contributed by atoms with Crippen molar-refractivity contribution in [2.24, 2.45) is 7.05 Å². The summed E-state index contributed by atoms with van der Waals surface area (Å²) in [4.78, 5) is 12.3. The molecule has 5 heteroatoms. The fourth-order valence-electron chi connectivity index (χ4n) is 2.55. The van der Waals surface area contributed by atoms with Gasteiger partial charge in [0.2, 0.25) is 0 Å². The fraction of sp³-hybridized carbons (Fsp3) is 0.417. The number of halogens is 1. The Morgan fingerprint density at radius 2 is 2.24 bits per heavy atom. The Balaban J connectivity index is 2.30. The van der Waals surface area contributed by atoms with E-state index in [-0.39, 0.29) is 11.7 Å². The van der Waals surface area contributed by atoms with Crippen molar-refractivity contribution in [1.29, 1.82) is 0 Å². The number of nitrogens with zero attached hydrogens (tertiary/aromatic N) is 2. The molecule has 1 saturated heterocycles. The molecule has 0 radical (unpaired) electrons. The molecule has 1 fully saturated rings. The zero-order valence-electron chi connectivity index (χ0n) is 9.61. The lowest BCUT2D eigenvalue weighted by Gasteiger charge is -2.10. The van der Waals surface area contributed by atoms with Crippen molar-refractivity contribution in [3.63, 3.8) is 0 Å². The van der Waals surface area contributed by atoms with Crippen LogP contribution in [0, 0.1) is 0 Å². The Bertz CT molecular complexity index is 622. The van der Waals surface area contributed by atoms with E-state index < -0.39 is 0 Å². The van der Waals surface area contributed by atoms with E-state index >= 15 is 0 Å². The molecule has 1 N–H and O–H groups in total. The minimum absolute atomic E-state index is 0.0757. The van der Waals surface area contributed by atoms with E-state index in [1.165, 1.54) is 0 Å². The average Bonchev–Trinajstić information content (AvgIpc) is 2.90. The van der Waals surface area contributed by atoms with Gasteiger partial charge in [-0.3, -0.25) is 9.13 Å². The van der Waals surface area contributed by atoms with Crippen molar-refractivity contribution in [1.82, 2.24) is 14.5 Å². The number of rotatable bonds is 1. The summed E-state index contributed by atoms with van der Waals surface area (Å²) < 4.78 is 4.64. The molecule has 0 amide bonds. The van der Waals surface area contributed by atoms with Crippen LogP contribution in [0.2, 0.25) is 0 Å². The smallest absolute Gasteiger partial charge is 0.315 e. The summed E-state index contributed by atoms with van der Waals surface area (Å²) in [5, 5.41) is 3.31. The molecule has 90 valence electrons. The first kappa shape index (κ1) is 11.0. The Morgan fingerprint density at radius 3 is 2.94 bits per heavy atom. The molecule has 0 saturated carbocycles. The van der Waals surface area contributed by atoms with E-state index in [0.29, 0.717) is 0 Å². The molecule has 2 aromatic rings.